The minimum absolute atomic E-state index is 0.0431. The fourth-order valence-electron chi connectivity index (χ4n) is 7.61. The molecule has 1 N–H and O–H groups in total. The first-order chi connectivity index (χ1) is 21.3. The summed E-state index contributed by atoms with van der Waals surface area (Å²) in [5, 5.41) is 21.1. The fraction of sp³-hybridized carbons (Fsp3) is 0.588. The Morgan fingerprint density at radius 3 is 2.32 bits per heavy atom. The molecule has 2 aliphatic heterocycles. The third kappa shape index (κ3) is 7.95. The van der Waals surface area contributed by atoms with Crippen LogP contribution in [0.3, 0.4) is 0 Å². The number of likely N-dealkylation sites (tertiary alicyclic amines) is 2. The number of nitro groups is 1. The van der Waals surface area contributed by atoms with Crippen molar-refractivity contribution < 1.29 is 24.4 Å². The highest BCUT2D eigenvalue weighted by Crippen LogP contribution is 2.38. The summed E-state index contributed by atoms with van der Waals surface area (Å²) < 4.78 is 5.53. The minimum Gasteiger partial charge on any atom is -0.480 e. The van der Waals surface area contributed by atoms with Crippen LogP contribution in [0.25, 0.3) is 0 Å². The normalized spacial score (nSPS) is 22.8. The largest absolute Gasteiger partial charge is 0.480 e. The number of benzene rings is 2. The van der Waals surface area contributed by atoms with Crippen LogP contribution in [0.5, 0.6) is 0 Å². The third-order valence-electron chi connectivity index (χ3n) is 10.1. The van der Waals surface area contributed by atoms with E-state index < -0.39 is 16.9 Å². The Kier molecular flexibility index (Phi) is 10.9. The lowest BCUT2D eigenvalue weighted by Crippen LogP contribution is -2.48. The molecule has 0 bridgehead atoms. The predicted molar refractivity (Wildman–Crippen MR) is 168 cm³/mol. The molecule has 10 heteroatoms. The van der Waals surface area contributed by atoms with Gasteiger partial charge in [0.2, 0.25) is 0 Å². The average Bonchev–Trinajstić information content (AvgIpc) is 3.44. The molecule has 3 aliphatic rings. The van der Waals surface area contributed by atoms with Gasteiger partial charge in [0, 0.05) is 70.3 Å². The first-order valence-corrected chi connectivity index (χ1v) is 16.2. The Labute approximate surface area is 260 Å². The van der Waals surface area contributed by atoms with Crippen molar-refractivity contribution in [3.05, 3.63) is 75.8 Å². The van der Waals surface area contributed by atoms with Gasteiger partial charge in [0.05, 0.1) is 11.5 Å². The molecule has 5 rings (SSSR count). The van der Waals surface area contributed by atoms with E-state index in [1.54, 1.807) is 24.1 Å². The zero-order chi connectivity index (χ0) is 31.1. The van der Waals surface area contributed by atoms with Crippen molar-refractivity contribution in [1.29, 1.82) is 0 Å². The van der Waals surface area contributed by atoms with E-state index in [2.05, 4.69) is 34.1 Å². The van der Waals surface area contributed by atoms with Gasteiger partial charge in [-0.2, -0.15) is 0 Å². The summed E-state index contributed by atoms with van der Waals surface area (Å²) in [7, 11) is 1.80. The van der Waals surface area contributed by atoms with Gasteiger partial charge in [-0.15, -0.1) is 0 Å². The van der Waals surface area contributed by atoms with Crippen molar-refractivity contribution in [2.45, 2.75) is 69.4 Å². The van der Waals surface area contributed by atoms with Gasteiger partial charge in [0.15, 0.2) is 0 Å². The molecule has 1 amide bonds. The highest BCUT2D eigenvalue weighted by molar-refractivity contribution is 5.74. The van der Waals surface area contributed by atoms with Gasteiger partial charge in [0.1, 0.15) is 6.04 Å². The summed E-state index contributed by atoms with van der Waals surface area (Å²) in [6.07, 6.45) is 7.37. The smallest absolute Gasteiger partial charge is 0.409 e. The monoisotopic (exact) mass is 606 g/mol. The zero-order valence-corrected chi connectivity index (χ0v) is 25.8. The van der Waals surface area contributed by atoms with E-state index in [4.69, 9.17) is 4.74 Å². The number of nitro benzene ring substituents is 1. The summed E-state index contributed by atoms with van der Waals surface area (Å²) in [6, 6.07) is 16.6. The van der Waals surface area contributed by atoms with Gasteiger partial charge >= 0.3 is 12.1 Å². The van der Waals surface area contributed by atoms with Crippen molar-refractivity contribution in [3.8, 4) is 0 Å². The Hall–Kier alpha value is -3.50. The molecular weight excluding hydrogens is 560 g/mol. The molecule has 238 valence electrons. The van der Waals surface area contributed by atoms with E-state index in [1.165, 1.54) is 24.1 Å². The first-order valence-electron chi connectivity index (χ1n) is 16.2. The van der Waals surface area contributed by atoms with Crippen molar-refractivity contribution >= 4 is 17.7 Å². The fourth-order valence-corrected chi connectivity index (χ4v) is 7.61. The topological polar surface area (TPSA) is 116 Å². The number of carbonyl (C=O) groups is 2. The van der Waals surface area contributed by atoms with Crippen LogP contribution in [0.1, 0.15) is 62.0 Å². The van der Waals surface area contributed by atoms with Crippen molar-refractivity contribution in [2.75, 3.05) is 46.4 Å². The Morgan fingerprint density at radius 2 is 1.68 bits per heavy atom. The van der Waals surface area contributed by atoms with Crippen LogP contribution in [0.2, 0.25) is 0 Å². The lowest BCUT2D eigenvalue weighted by atomic mass is 9.83. The number of carboxylic acid groups (broad SMARTS) is 1. The van der Waals surface area contributed by atoms with Crippen molar-refractivity contribution in [3.63, 3.8) is 0 Å². The maximum absolute atomic E-state index is 12.8. The molecule has 1 aliphatic carbocycles. The number of nitrogens with zero attached hydrogens (tertiary/aromatic N) is 4. The number of aliphatic carboxylic acids is 1. The summed E-state index contributed by atoms with van der Waals surface area (Å²) >= 11 is 0. The van der Waals surface area contributed by atoms with E-state index in [9.17, 15) is 24.8 Å². The number of hydrogen-bond donors (Lipinski definition) is 1. The maximum Gasteiger partial charge on any atom is 0.409 e. The van der Waals surface area contributed by atoms with Gasteiger partial charge < -0.3 is 19.6 Å². The third-order valence-corrected chi connectivity index (χ3v) is 10.1. The lowest BCUT2D eigenvalue weighted by molar-refractivity contribution is -0.384. The van der Waals surface area contributed by atoms with Crippen molar-refractivity contribution in [1.82, 2.24) is 14.7 Å². The number of hydrogen-bond acceptors (Lipinski definition) is 7. The molecule has 10 nitrogen and oxygen atoms in total. The summed E-state index contributed by atoms with van der Waals surface area (Å²) in [6.45, 7) is 4.49. The van der Waals surface area contributed by atoms with Gasteiger partial charge in [-0.1, -0.05) is 61.7 Å². The van der Waals surface area contributed by atoms with Crippen LogP contribution < -0.4 is 0 Å². The lowest BCUT2D eigenvalue weighted by Gasteiger charge is -2.38. The number of carbonyl (C=O) groups excluding carboxylic acids is 1. The summed E-state index contributed by atoms with van der Waals surface area (Å²) in [4.78, 5) is 42.2. The molecule has 0 aromatic heterocycles. The van der Waals surface area contributed by atoms with Gasteiger partial charge in [0.25, 0.3) is 5.69 Å². The zero-order valence-electron chi connectivity index (χ0n) is 25.8. The first kappa shape index (κ1) is 31.9. The van der Waals surface area contributed by atoms with Gasteiger partial charge in [-0.3, -0.25) is 19.8 Å². The quantitative estimate of drug-likeness (QED) is 0.266. The van der Waals surface area contributed by atoms with E-state index in [0.29, 0.717) is 18.3 Å². The van der Waals surface area contributed by atoms with Crippen LogP contribution >= 0.6 is 0 Å². The second-order valence-electron chi connectivity index (χ2n) is 12.8. The van der Waals surface area contributed by atoms with Crippen LogP contribution in [-0.4, -0.2) is 95.3 Å². The predicted octanol–water partition coefficient (Wildman–Crippen LogP) is 5.42. The SMILES string of the molecule is CN(C(=O)OCCc1ccc([N+](=O)[O-])cc1)C1CCN(CC2CN(C(C(=O)O)C3CCCCC3)CC2c2ccccc2)CC1. The standard InChI is InChI=1S/C34H46N4O6/c1-35(34(41)44-21-18-25-12-14-30(15-13-25)38(42)43)29-16-19-36(20-17-29)22-28-23-37(24-31(28)26-8-4-2-5-9-26)32(33(39)40)27-10-6-3-7-11-27/h2,4-5,8-9,12-15,27-29,31-32H,3,6-7,10-11,16-24H2,1H3,(H,39,40). The number of piperidine rings is 1. The molecule has 2 aromatic carbocycles. The molecule has 0 radical (unpaired) electrons. The van der Waals surface area contributed by atoms with Crippen LogP contribution in [0.4, 0.5) is 10.5 Å². The van der Waals surface area contributed by atoms with Gasteiger partial charge in [-0.05, 0) is 48.6 Å². The van der Waals surface area contributed by atoms with E-state index in [0.717, 1.165) is 76.8 Å². The summed E-state index contributed by atoms with van der Waals surface area (Å²) in [5.41, 5.74) is 2.22. The number of carboxylic acids is 1. The Morgan fingerprint density at radius 1 is 1.00 bits per heavy atom. The number of amides is 1. The molecule has 2 heterocycles. The number of non-ortho nitro benzene ring substituents is 1. The molecule has 44 heavy (non-hydrogen) atoms. The highest BCUT2D eigenvalue weighted by atomic mass is 16.6. The molecule has 2 aromatic rings. The second-order valence-corrected chi connectivity index (χ2v) is 12.8. The molecule has 3 unspecified atom stereocenters. The van der Waals surface area contributed by atoms with E-state index in [1.807, 2.05) is 6.07 Å². The molecule has 3 fully saturated rings. The van der Waals surface area contributed by atoms with E-state index >= 15 is 0 Å². The Balaban J connectivity index is 1.13. The summed E-state index contributed by atoms with van der Waals surface area (Å²) in [5.74, 6) is 0.207. The second kappa shape index (κ2) is 15.0. The highest BCUT2D eigenvalue weighted by Gasteiger charge is 2.43. The molecular formula is C34H46N4O6. The number of ether oxygens (including phenoxy) is 1. The van der Waals surface area contributed by atoms with Gasteiger partial charge in [-0.25, -0.2) is 4.79 Å². The molecule has 0 spiro atoms. The molecule has 1 saturated carbocycles. The van der Waals surface area contributed by atoms with Crippen LogP contribution in [0.15, 0.2) is 54.6 Å². The Bertz CT molecular complexity index is 1240. The number of rotatable bonds is 11. The average molecular weight is 607 g/mol. The van der Waals surface area contributed by atoms with Crippen LogP contribution in [0, 0.1) is 22.0 Å². The minimum atomic E-state index is -0.673. The maximum atomic E-state index is 12.8. The van der Waals surface area contributed by atoms with Crippen molar-refractivity contribution in [2.24, 2.45) is 11.8 Å². The van der Waals surface area contributed by atoms with Crippen LogP contribution in [-0.2, 0) is 16.0 Å². The molecule has 3 atom stereocenters. The van der Waals surface area contributed by atoms with E-state index in [-0.39, 0.29) is 30.3 Å². The molecule has 2 saturated heterocycles.